The maximum atomic E-state index is 12.5. The van der Waals surface area contributed by atoms with Crippen LogP contribution in [0.15, 0.2) is 39.7 Å². The third-order valence-electron chi connectivity index (χ3n) is 4.78. The van der Waals surface area contributed by atoms with Crippen molar-refractivity contribution >= 4 is 5.91 Å². The summed E-state index contributed by atoms with van der Waals surface area (Å²) in [5.41, 5.74) is -2.35. The second kappa shape index (κ2) is 9.89. The zero-order valence-electron chi connectivity index (χ0n) is 15.7. The molecule has 1 saturated carbocycles. The summed E-state index contributed by atoms with van der Waals surface area (Å²) < 4.78 is 2.58. The molecule has 1 aromatic heterocycles. The lowest BCUT2D eigenvalue weighted by Gasteiger charge is -2.21. The van der Waals surface area contributed by atoms with E-state index in [1.165, 1.54) is 18.6 Å². The van der Waals surface area contributed by atoms with E-state index in [9.17, 15) is 19.2 Å². The number of allylic oxidation sites excluding steroid dienone is 2. The molecule has 0 saturated heterocycles. The number of aromatic nitrogens is 3. The summed E-state index contributed by atoms with van der Waals surface area (Å²) >= 11 is 0. The van der Waals surface area contributed by atoms with Crippen LogP contribution >= 0.6 is 0 Å². The largest absolute Gasteiger partial charge is 0.352 e. The molecular formula is C19H28N4O4. The van der Waals surface area contributed by atoms with Crippen LogP contribution < -0.4 is 22.4 Å². The average molecular weight is 376 g/mol. The van der Waals surface area contributed by atoms with Gasteiger partial charge in [0.25, 0.3) is 0 Å². The van der Waals surface area contributed by atoms with Gasteiger partial charge in [-0.05, 0) is 12.8 Å². The second-order valence-electron chi connectivity index (χ2n) is 6.84. The Morgan fingerprint density at radius 1 is 0.852 bits per heavy atom. The molecule has 1 heterocycles. The number of hydrogen-bond acceptors (Lipinski definition) is 4. The van der Waals surface area contributed by atoms with Crippen molar-refractivity contribution in [1.82, 2.24) is 19.0 Å². The van der Waals surface area contributed by atoms with Gasteiger partial charge in [0.15, 0.2) is 0 Å². The molecule has 1 amide bonds. The van der Waals surface area contributed by atoms with Crippen molar-refractivity contribution < 1.29 is 4.79 Å². The normalized spacial score (nSPS) is 15.6. The van der Waals surface area contributed by atoms with Crippen molar-refractivity contribution in [2.45, 2.75) is 70.6 Å². The molecule has 0 aliphatic heterocycles. The fourth-order valence-corrected chi connectivity index (χ4v) is 3.41. The lowest BCUT2D eigenvalue weighted by atomic mass is 9.97. The molecule has 2 rings (SSSR count). The highest BCUT2D eigenvalue weighted by Crippen LogP contribution is 2.16. The van der Waals surface area contributed by atoms with Gasteiger partial charge in [-0.1, -0.05) is 44.3 Å². The summed E-state index contributed by atoms with van der Waals surface area (Å²) in [4.78, 5) is 49.9. The molecule has 8 nitrogen and oxygen atoms in total. The van der Waals surface area contributed by atoms with E-state index in [4.69, 9.17) is 0 Å². The van der Waals surface area contributed by atoms with E-state index in [1.54, 1.807) is 0 Å². The standard InChI is InChI=1S/C19H28N4O4/c1-3-12-21-17(25)22(13-4-2)19(27)23(18(21)26)14-16(24)20-15-10-8-6-5-7-9-11-15/h3-4,15H,1-2,5-14H2,(H,20,24). The van der Waals surface area contributed by atoms with E-state index in [-0.39, 0.29) is 19.1 Å². The predicted molar refractivity (Wildman–Crippen MR) is 104 cm³/mol. The third-order valence-corrected chi connectivity index (χ3v) is 4.78. The molecule has 0 aromatic carbocycles. The van der Waals surface area contributed by atoms with Crippen LogP contribution in [0.3, 0.4) is 0 Å². The summed E-state index contributed by atoms with van der Waals surface area (Å²) in [5.74, 6) is -0.395. The van der Waals surface area contributed by atoms with Gasteiger partial charge in [-0.25, -0.2) is 28.1 Å². The molecule has 27 heavy (non-hydrogen) atoms. The van der Waals surface area contributed by atoms with Gasteiger partial charge in [-0.3, -0.25) is 4.79 Å². The minimum atomic E-state index is -0.807. The molecule has 1 aliphatic rings. The molecule has 1 aromatic rings. The Balaban J connectivity index is 2.28. The third kappa shape index (κ3) is 5.18. The van der Waals surface area contributed by atoms with Gasteiger partial charge >= 0.3 is 17.1 Å². The summed E-state index contributed by atoms with van der Waals surface area (Å²) in [6, 6.07) is 0.0583. The van der Waals surface area contributed by atoms with Crippen LogP contribution in [0.1, 0.15) is 44.9 Å². The van der Waals surface area contributed by atoms with E-state index in [2.05, 4.69) is 18.5 Å². The lowest BCUT2D eigenvalue weighted by Crippen LogP contribution is -2.55. The van der Waals surface area contributed by atoms with E-state index in [0.29, 0.717) is 0 Å². The molecule has 0 unspecified atom stereocenters. The zero-order chi connectivity index (χ0) is 19.8. The van der Waals surface area contributed by atoms with E-state index in [0.717, 1.165) is 52.2 Å². The predicted octanol–water partition coefficient (Wildman–Crippen LogP) is 0.773. The van der Waals surface area contributed by atoms with Crippen molar-refractivity contribution in [3.8, 4) is 0 Å². The van der Waals surface area contributed by atoms with Gasteiger partial charge in [0.2, 0.25) is 5.91 Å². The van der Waals surface area contributed by atoms with Crippen LogP contribution in [0.25, 0.3) is 0 Å². The Hall–Kier alpha value is -2.64. The van der Waals surface area contributed by atoms with Gasteiger partial charge in [0, 0.05) is 6.04 Å². The van der Waals surface area contributed by atoms with Crippen LogP contribution in [0.4, 0.5) is 0 Å². The highest BCUT2D eigenvalue weighted by atomic mass is 16.2. The van der Waals surface area contributed by atoms with E-state index in [1.807, 2.05) is 0 Å². The molecule has 8 heteroatoms. The highest BCUT2D eigenvalue weighted by Gasteiger charge is 2.19. The number of carbonyl (C=O) groups excluding carboxylic acids is 1. The Kier molecular flexibility index (Phi) is 7.57. The summed E-state index contributed by atoms with van der Waals surface area (Å²) in [6.45, 7) is 6.55. The van der Waals surface area contributed by atoms with Gasteiger partial charge in [0.1, 0.15) is 6.54 Å². The van der Waals surface area contributed by atoms with Crippen LogP contribution in [0, 0.1) is 0 Å². The van der Waals surface area contributed by atoms with Crippen molar-refractivity contribution in [2.75, 3.05) is 0 Å². The highest BCUT2D eigenvalue weighted by molar-refractivity contribution is 5.76. The second-order valence-corrected chi connectivity index (χ2v) is 6.84. The number of nitrogens with one attached hydrogen (secondary N) is 1. The molecule has 0 spiro atoms. The van der Waals surface area contributed by atoms with Crippen molar-refractivity contribution in [3.63, 3.8) is 0 Å². The number of hydrogen-bond donors (Lipinski definition) is 1. The quantitative estimate of drug-likeness (QED) is 0.711. The van der Waals surface area contributed by atoms with Crippen LogP contribution in [-0.2, 0) is 24.4 Å². The van der Waals surface area contributed by atoms with Crippen LogP contribution in [0.2, 0.25) is 0 Å². The number of carbonyl (C=O) groups is 1. The minimum absolute atomic E-state index is 0.0423. The number of nitrogens with zero attached hydrogens (tertiary/aromatic N) is 3. The minimum Gasteiger partial charge on any atom is -0.352 e. The first-order chi connectivity index (χ1) is 13.0. The molecule has 1 fully saturated rings. The molecular weight excluding hydrogens is 348 g/mol. The topological polar surface area (TPSA) is 95.1 Å². The fraction of sp³-hybridized carbons (Fsp3) is 0.579. The van der Waals surface area contributed by atoms with Gasteiger partial charge in [-0.2, -0.15) is 0 Å². The van der Waals surface area contributed by atoms with Gasteiger partial charge < -0.3 is 5.32 Å². The Labute approximate surface area is 157 Å². The smallest absolute Gasteiger partial charge is 0.337 e. The Bertz CT molecular complexity index is 806. The first kappa shape index (κ1) is 20.7. The van der Waals surface area contributed by atoms with Crippen LogP contribution in [0.5, 0.6) is 0 Å². The van der Waals surface area contributed by atoms with Crippen molar-refractivity contribution in [1.29, 1.82) is 0 Å². The number of rotatable bonds is 7. The molecule has 1 aliphatic carbocycles. The first-order valence-corrected chi connectivity index (χ1v) is 9.45. The van der Waals surface area contributed by atoms with E-state index >= 15 is 0 Å². The summed E-state index contributed by atoms with van der Waals surface area (Å²) in [6.07, 6.45) is 10.2. The lowest BCUT2D eigenvalue weighted by molar-refractivity contribution is -0.122. The molecule has 1 N–H and O–H groups in total. The Morgan fingerprint density at radius 2 is 1.30 bits per heavy atom. The zero-order valence-corrected chi connectivity index (χ0v) is 15.7. The molecule has 148 valence electrons. The maximum absolute atomic E-state index is 12.5. The van der Waals surface area contributed by atoms with E-state index < -0.39 is 29.5 Å². The summed E-state index contributed by atoms with van der Waals surface area (Å²) in [5, 5.41) is 2.93. The average Bonchev–Trinajstić information content (AvgIpc) is 2.61. The SMILES string of the molecule is C=CCn1c(=O)n(CC=C)c(=O)n(CC(=O)NC2CCCCCCC2)c1=O. The molecule has 0 radical (unpaired) electrons. The van der Waals surface area contributed by atoms with Crippen molar-refractivity contribution in [3.05, 3.63) is 56.8 Å². The van der Waals surface area contributed by atoms with Gasteiger partial charge in [-0.15, -0.1) is 13.2 Å². The monoisotopic (exact) mass is 376 g/mol. The molecule has 0 bridgehead atoms. The maximum Gasteiger partial charge on any atom is 0.337 e. The fourth-order valence-electron chi connectivity index (χ4n) is 3.41. The van der Waals surface area contributed by atoms with Gasteiger partial charge in [0.05, 0.1) is 13.1 Å². The Morgan fingerprint density at radius 3 is 1.78 bits per heavy atom. The first-order valence-electron chi connectivity index (χ1n) is 9.45. The van der Waals surface area contributed by atoms with Crippen LogP contribution in [-0.4, -0.2) is 25.7 Å². The van der Waals surface area contributed by atoms with Crippen molar-refractivity contribution in [2.24, 2.45) is 0 Å². The molecule has 0 atom stereocenters. The summed E-state index contributed by atoms with van der Waals surface area (Å²) in [7, 11) is 0. The number of amides is 1.